The highest BCUT2D eigenvalue weighted by Gasteiger charge is 2.41. The van der Waals surface area contributed by atoms with E-state index in [1.54, 1.807) is 18.7 Å². The van der Waals surface area contributed by atoms with Crippen LogP contribution in [0.3, 0.4) is 0 Å². The Morgan fingerprint density at radius 2 is 1.66 bits per heavy atom. The van der Waals surface area contributed by atoms with Crippen LogP contribution >= 0.6 is 0 Å². The van der Waals surface area contributed by atoms with Crippen molar-refractivity contribution in [3.8, 4) is 0 Å². The number of likely N-dealkylation sites (tertiary alicyclic amines) is 2. The third kappa shape index (κ3) is 4.41. The van der Waals surface area contributed by atoms with Crippen molar-refractivity contribution in [3.05, 3.63) is 22.5 Å². The number of amides is 2. The monoisotopic (exact) mass is 447 g/mol. The first-order valence-corrected chi connectivity index (χ1v) is 11.5. The number of rotatable bonds is 4. The third-order valence-electron chi connectivity index (χ3n) is 7.10. The van der Waals surface area contributed by atoms with Gasteiger partial charge in [-0.25, -0.2) is 4.79 Å². The highest BCUT2D eigenvalue weighted by Crippen LogP contribution is 2.32. The Labute approximate surface area is 188 Å². The molecule has 1 aromatic rings. The lowest BCUT2D eigenvalue weighted by molar-refractivity contribution is -0.187. The van der Waals surface area contributed by atoms with Crippen LogP contribution in [0.4, 0.5) is 0 Å². The Bertz CT molecular complexity index is 871. The molecule has 3 aliphatic heterocycles. The van der Waals surface area contributed by atoms with Gasteiger partial charge in [0.05, 0.1) is 25.9 Å². The third-order valence-corrected chi connectivity index (χ3v) is 7.10. The number of H-pyrrole nitrogens is 1. The molecule has 0 atom stereocenters. The summed E-state index contributed by atoms with van der Waals surface area (Å²) in [5.74, 6) is -0.560. The van der Waals surface area contributed by atoms with E-state index in [0.717, 1.165) is 25.7 Å². The number of piperidine rings is 2. The van der Waals surface area contributed by atoms with E-state index in [1.807, 2.05) is 4.90 Å². The van der Waals surface area contributed by atoms with E-state index in [4.69, 9.17) is 14.2 Å². The number of ether oxygens (including phenoxy) is 3. The number of aryl methyl sites for hydroxylation is 1. The van der Waals surface area contributed by atoms with Gasteiger partial charge in [0.2, 0.25) is 5.91 Å². The lowest BCUT2D eigenvalue weighted by Crippen LogP contribution is -2.48. The summed E-state index contributed by atoms with van der Waals surface area (Å²) >= 11 is 0. The second-order valence-electron chi connectivity index (χ2n) is 9.04. The zero-order valence-corrected chi connectivity index (χ0v) is 19.2. The van der Waals surface area contributed by atoms with Crippen molar-refractivity contribution in [1.29, 1.82) is 0 Å². The van der Waals surface area contributed by atoms with E-state index in [-0.39, 0.29) is 17.7 Å². The molecular formula is C23H33N3O6. The second-order valence-corrected chi connectivity index (χ2v) is 9.04. The fourth-order valence-electron chi connectivity index (χ4n) is 5.13. The van der Waals surface area contributed by atoms with Gasteiger partial charge in [0, 0.05) is 51.1 Å². The summed E-state index contributed by atoms with van der Waals surface area (Å²) in [6.45, 7) is 7.35. The van der Waals surface area contributed by atoms with Gasteiger partial charge in [-0.05, 0) is 38.2 Å². The molecule has 3 fully saturated rings. The molecule has 3 saturated heterocycles. The van der Waals surface area contributed by atoms with Gasteiger partial charge in [0.1, 0.15) is 5.69 Å². The Balaban J connectivity index is 1.28. The second kappa shape index (κ2) is 9.23. The van der Waals surface area contributed by atoms with Gasteiger partial charge in [0.25, 0.3) is 5.91 Å². The molecule has 0 radical (unpaired) electrons. The van der Waals surface area contributed by atoms with Crippen LogP contribution in [-0.4, -0.2) is 84.9 Å². The Morgan fingerprint density at radius 3 is 2.25 bits per heavy atom. The number of methoxy groups -OCH3 is 1. The first kappa shape index (κ1) is 22.8. The average molecular weight is 448 g/mol. The van der Waals surface area contributed by atoms with Gasteiger partial charge >= 0.3 is 5.97 Å². The van der Waals surface area contributed by atoms with Crippen LogP contribution in [0, 0.1) is 19.8 Å². The SMILES string of the molecule is COC(=O)c1c(C)[nH]c(C(=O)N2CCC(CC(=O)N3CCC4(CC3)OCCO4)CC2)c1C. The van der Waals surface area contributed by atoms with Crippen LogP contribution in [0.25, 0.3) is 0 Å². The molecule has 0 aromatic carbocycles. The number of carbonyl (C=O) groups excluding carboxylic acids is 3. The van der Waals surface area contributed by atoms with Gasteiger partial charge < -0.3 is 29.0 Å². The van der Waals surface area contributed by atoms with E-state index in [2.05, 4.69) is 4.98 Å². The maximum Gasteiger partial charge on any atom is 0.339 e. The fourth-order valence-corrected chi connectivity index (χ4v) is 5.13. The minimum absolute atomic E-state index is 0.108. The number of carbonyl (C=O) groups is 3. The number of nitrogens with one attached hydrogen (secondary N) is 1. The van der Waals surface area contributed by atoms with E-state index >= 15 is 0 Å². The topological polar surface area (TPSA) is 101 Å². The molecule has 9 heteroatoms. The summed E-state index contributed by atoms with van der Waals surface area (Å²) in [6.07, 6.45) is 3.57. The lowest BCUT2D eigenvalue weighted by atomic mass is 9.92. The van der Waals surface area contributed by atoms with Crippen molar-refractivity contribution < 1.29 is 28.6 Å². The normalized spacial score (nSPS) is 21.2. The van der Waals surface area contributed by atoms with Crippen molar-refractivity contribution in [2.24, 2.45) is 5.92 Å². The van der Waals surface area contributed by atoms with Crippen LogP contribution in [0.5, 0.6) is 0 Å². The van der Waals surface area contributed by atoms with Crippen molar-refractivity contribution in [2.45, 2.75) is 51.7 Å². The van der Waals surface area contributed by atoms with Gasteiger partial charge in [-0.15, -0.1) is 0 Å². The van der Waals surface area contributed by atoms with Gasteiger partial charge in [0.15, 0.2) is 5.79 Å². The molecule has 1 N–H and O–H groups in total. The molecular weight excluding hydrogens is 414 g/mol. The molecule has 4 heterocycles. The maximum absolute atomic E-state index is 13.0. The van der Waals surface area contributed by atoms with Crippen molar-refractivity contribution in [1.82, 2.24) is 14.8 Å². The minimum atomic E-state index is -0.468. The van der Waals surface area contributed by atoms with Crippen LogP contribution < -0.4 is 0 Å². The summed E-state index contributed by atoms with van der Waals surface area (Å²) in [4.78, 5) is 44.6. The molecule has 0 unspecified atom stereocenters. The largest absolute Gasteiger partial charge is 0.465 e. The predicted molar refractivity (Wildman–Crippen MR) is 115 cm³/mol. The van der Waals surface area contributed by atoms with Gasteiger partial charge in [-0.3, -0.25) is 9.59 Å². The number of aromatic nitrogens is 1. The van der Waals surface area contributed by atoms with Crippen LogP contribution in [0.2, 0.25) is 0 Å². The smallest absolute Gasteiger partial charge is 0.339 e. The maximum atomic E-state index is 13.0. The fraction of sp³-hybridized carbons (Fsp3) is 0.696. The molecule has 32 heavy (non-hydrogen) atoms. The first-order valence-electron chi connectivity index (χ1n) is 11.5. The zero-order valence-electron chi connectivity index (χ0n) is 19.2. The Morgan fingerprint density at radius 1 is 1.03 bits per heavy atom. The number of esters is 1. The zero-order chi connectivity index (χ0) is 22.9. The first-order chi connectivity index (χ1) is 15.3. The summed E-state index contributed by atoms with van der Waals surface area (Å²) in [7, 11) is 1.33. The molecule has 0 bridgehead atoms. The standard InChI is InChI=1S/C23H33N3O6/c1-15-19(22(29)30-3)16(2)24-20(15)21(28)26-8-4-17(5-9-26)14-18(27)25-10-6-23(7-11-25)31-12-13-32-23/h17,24H,4-14H2,1-3H3. The molecule has 4 rings (SSSR count). The van der Waals surface area contributed by atoms with Crippen LogP contribution in [0.1, 0.15) is 64.2 Å². The summed E-state index contributed by atoms with van der Waals surface area (Å²) in [5, 5.41) is 0. The minimum Gasteiger partial charge on any atom is -0.465 e. The van der Waals surface area contributed by atoms with Crippen molar-refractivity contribution >= 4 is 17.8 Å². The van der Waals surface area contributed by atoms with E-state index in [1.165, 1.54) is 7.11 Å². The number of nitrogens with zero attached hydrogens (tertiary/aromatic N) is 2. The molecule has 9 nitrogen and oxygen atoms in total. The quantitative estimate of drug-likeness (QED) is 0.709. The molecule has 3 aliphatic rings. The molecule has 1 spiro atoms. The predicted octanol–water partition coefficient (Wildman–Crippen LogP) is 2.03. The van der Waals surface area contributed by atoms with Crippen LogP contribution in [0.15, 0.2) is 0 Å². The highest BCUT2D eigenvalue weighted by molar-refractivity contribution is 6.00. The van der Waals surface area contributed by atoms with Gasteiger partial charge in [-0.1, -0.05) is 0 Å². The molecule has 176 valence electrons. The highest BCUT2D eigenvalue weighted by atomic mass is 16.7. The Hall–Kier alpha value is -2.39. The molecule has 1 aromatic heterocycles. The molecule has 0 aliphatic carbocycles. The number of hydrogen-bond donors (Lipinski definition) is 1. The summed E-state index contributed by atoms with van der Waals surface area (Å²) in [5.41, 5.74) is 2.12. The summed E-state index contributed by atoms with van der Waals surface area (Å²) in [6, 6.07) is 0. The number of aromatic amines is 1. The lowest BCUT2D eigenvalue weighted by Gasteiger charge is -2.38. The summed E-state index contributed by atoms with van der Waals surface area (Å²) < 4.78 is 16.3. The van der Waals surface area contributed by atoms with Crippen LogP contribution in [-0.2, 0) is 19.0 Å². The number of hydrogen-bond acceptors (Lipinski definition) is 6. The molecule has 0 saturated carbocycles. The Kier molecular flexibility index (Phi) is 6.57. The van der Waals surface area contributed by atoms with Crippen molar-refractivity contribution in [3.63, 3.8) is 0 Å². The van der Waals surface area contributed by atoms with E-state index in [9.17, 15) is 14.4 Å². The molecule has 2 amide bonds. The van der Waals surface area contributed by atoms with Gasteiger partial charge in [-0.2, -0.15) is 0 Å². The van der Waals surface area contributed by atoms with Crippen molar-refractivity contribution in [2.75, 3.05) is 46.5 Å². The van der Waals surface area contributed by atoms with E-state index in [0.29, 0.717) is 68.3 Å². The van der Waals surface area contributed by atoms with E-state index < -0.39 is 11.8 Å². The average Bonchev–Trinajstić information content (AvgIpc) is 3.37.